The summed E-state index contributed by atoms with van der Waals surface area (Å²) in [5, 5.41) is 14.2. The molecule has 4 heteroatoms. The summed E-state index contributed by atoms with van der Waals surface area (Å²) in [6.45, 7) is 1.98. The number of rotatable bonds is 3. The lowest BCUT2D eigenvalue weighted by molar-refractivity contribution is 0.282. The number of aryl methyl sites for hydroxylation is 1. The van der Waals surface area contributed by atoms with Gasteiger partial charge in [-0.05, 0) is 30.2 Å². The van der Waals surface area contributed by atoms with Crippen LogP contribution in [0.4, 0.5) is 0 Å². The van der Waals surface area contributed by atoms with Gasteiger partial charge < -0.3 is 5.11 Å². The SMILES string of the molecule is Cc1nn(-c2ccccc2)c(Cl)c1-c1ccc(CO)cc1. The molecule has 0 amide bonds. The van der Waals surface area contributed by atoms with Crippen LogP contribution in [-0.4, -0.2) is 14.9 Å². The van der Waals surface area contributed by atoms with Crippen molar-refractivity contribution in [2.24, 2.45) is 0 Å². The van der Waals surface area contributed by atoms with E-state index in [4.69, 9.17) is 16.7 Å². The number of halogens is 1. The van der Waals surface area contributed by atoms with E-state index in [-0.39, 0.29) is 6.61 Å². The Morgan fingerprint density at radius 2 is 1.71 bits per heavy atom. The van der Waals surface area contributed by atoms with E-state index >= 15 is 0 Å². The van der Waals surface area contributed by atoms with Crippen LogP contribution in [0, 0.1) is 6.92 Å². The van der Waals surface area contributed by atoms with Crippen molar-refractivity contribution >= 4 is 11.6 Å². The Hall–Kier alpha value is -2.10. The second-order valence-electron chi connectivity index (χ2n) is 4.85. The van der Waals surface area contributed by atoms with Crippen molar-refractivity contribution in [1.82, 2.24) is 9.78 Å². The van der Waals surface area contributed by atoms with E-state index in [9.17, 15) is 0 Å². The van der Waals surface area contributed by atoms with Crippen LogP contribution < -0.4 is 0 Å². The van der Waals surface area contributed by atoms with E-state index < -0.39 is 0 Å². The maximum atomic E-state index is 9.12. The molecule has 0 aliphatic rings. The first kappa shape index (κ1) is 13.9. The monoisotopic (exact) mass is 298 g/mol. The third-order valence-electron chi connectivity index (χ3n) is 3.43. The Morgan fingerprint density at radius 3 is 2.33 bits per heavy atom. The lowest BCUT2D eigenvalue weighted by atomic mass is 10.1. The third-order valence-corrected chi connectivity index (χ3v) is 3.78. The van der Waals surface area contributed by atoms with Crippen LogP contribution >= 0.6 is 11.6 Å². The van der Waals surface area contributed by atoms with Gasteiger partial charge in [0.2, 0.25) is 0 Å². The lowest BCUT2D eigenvalue weighted by Gasteiger charge is -2.04. The largest absolute Gasteiger partial charge is 0.392 e. The smallest absolute Gasteiger partial charge is 0.140 e. The van der Waals surface area contributed by atoms with Gasteiger partial charge in [0.15, 0.2) is 0 Å². The number of nitrogens with zero attached hydrogens (tertiary/aromatic N) is 2. The molecule has 3 aromatic rings. The fourth-order valence-corrected chi connectivity index (χ4v) is 2.73. The average Bonchev–Trinajstić information content (AvgIpc) is 2.83. The zero-order valence-corrected chi connectivity index (χ0v) is 12.4. The number of hydrogen-bond acceptors (Lipinski definition) is 2. The Balaban J connectivity index is 2.09. The quantitative estimate of drug-likeness (QED) is 0.794. The highest BCUT2D eigenvalue weighted by Crippen LogP contribution is 2.32. The predicted octanol–water partition coefficient (Wildman–Crippen LogP) is 3.99. The molecule has 0 saturated heterocycles. The van der Waals surface area contributed by atoms with E-state index in [0.717, 1.165) is 28.1 Å². The Morgan fingerprint density at radius 1 is 1.05 bits per heavy atom. The molecule has 0 atom stereocenters. The normalized spacial score (nSPS) is 10.8. The first-order valence-electron chi connectivity index (χ1n) is 6.71. The highest BCUT2D eigenvalue weighted by molar-refractivity contribution is 6.32. The third kappa shape index (κ3) is 2.58. The molecule has 0 saturated carbocycles. The first-order chi connectivity index (χ1) is 10.2. The Labute approximate surface area is 128 Å². The van der Waals surface area contributed by atoms with Crippen LogP contribution in [-0.2, 0) is 6.61 Å². The zero-order chi connectivity index (χ0) is 14.8. The molecular formula is C17H15ClN2O. The van der Waals surface area contributed by atoms with E-state index in [2.05, 4.69) is 5.10 Å². The maximum Gasteiger partial charge on any atom is 0.140 e. The summed E-state index contributed by atoms with van der Waals surface area (Å²) < 4.78 is 1.74. The summed E-state index contributed by atoms with van der Waals surface area (Å²) in [4.78, 5) is 0. The molecule has 0 unspecified atom stereocenters. The van der Waals surface area contributed by atoms with Gasteiger partial charge >= 0.3 is 0 Å². The summed E-state index contributed by atoms with van der Waals surface area (Å²) in [6.07, 6.45) is 0. The van der Waals surface area contributed by atoms with Crippen LogP contribution in [0.2, 0.25) is 5.15 Å². The van der Waals surface area contributed by atoms with Crippen LogP contribution in [0.15, 0.2) is 54.6 Å². The van der Waals surface area contributed by atoms with Crippen LogP contribution in [0.3, 0.4) is 0 Å². The summed E-state index contributed by atoms with van der Waals surface area (Å²) in [7, 11) is 0. The molecule has 0 aliphatic carbocycles. The van der Waals surface area contributed by atoms with Gasteiger partial charge in [-0.2, -0.15) is 5.10 Å². The number of aliphatic hydroxyl groups is 1. The van der Waals surface area contributed by atoms with E-state index in [0.29, 0.717) is 5.15 Å². The summed E-state index contributed by atoms with van der Waals surface area (Å²) >= 11 is 6.52. The van der Waals surface area contributed by atoms with Gasteiger partial charge in [0, 0.05) is 5.56 Å². The Bertz CT molecular complexity index is 748. The number of benzene rings is 2. The van der Waals surface area contributed by atoms with Gasteiger partial charge in [-0.15, -0.1) is 0 Å². The summed E-state index contributed by atoms with van der Waals surface area (Å²) in [5.41, 5.74) is 4.61. The van der Waals surface area contributed by atoms with E-state index in [1.165, 1.54) is 0 Å². The maximum absolute atomic E-state index is 9.12. The van der Waals surface area contributed by atoms with Gasteiger partial charge in [0.05, 0.1) is 18.0 Å². The Kier molecular flexibility index (Phi) is 3.78. The lowest BCUT2D eigenvalue weighted by Crippen LogP contribution is -1.95. The molecule has 3 nitrogen and oxygen atoms in total. The van der Waals surface area contributed by atoms with Crippen molar-refractivity contribution < 1.29 is 5.11 Å². The number of aromatic nitrogens is 2. The molecule has 1 N–H and O–H groups in total. The molecule has 0 spiro atoms. The molecule has 21 heavy (non-hydrogen) atoms. The molecule has 1 aromatic heterocycles. The van der Waals surface area contributed by atoms with Crippen LogP contribution in [0.1, 0.15) is 11.3 Å². The predicted molar refractivity (Wildman–Crippen MR) is 84.7 cm³/mol. The standard InChI is InChI=1S/C17H15ClN2O/c1-12-16(14-9-7-13(11-21)8-10-14)17(18)20(19-12)15-5-3-2-4-6-15/h2-10,21H,11H2,1H3. The van der Waals surface area contributed by atoms with Crippen molar-refractivity contribution in [2.75, 3.05) is 0 Å². The van der Waals surface area contributed by atoms with Crippen LogP contribution in [0.25, 0.3) is 16.8 Å². The van der Waals surface area contributed by atoms with Crippen LogP contribution in [0.5, 0.6) is 0 Å². The number of aliphatic hydroxyl groups excluding tert-OH is 1. The minimum Gasteiger partial charge on any atom is -0.392 e. The highest BCUT2D eigenvalue weighted by Gasteiger charge is 2.16. The minimum atomic E-state index is 0.0380. The highest BCUT2D eigenvalue weighted by atomic mass is 35.5. The van der Waals surface area contributed by atoms with E-state index in [1.807, 2.05) is 61.5 Å². The molecule has 2 aromatic carbocycles. The molecule has 0 bridgehead atoms. The molecule has 0 radical (unpaired) electrons. The number of hydrogen-bond donors (Lipinski definition) is 1. The molecule has 0 fully saturated rings. The van der Waals surface area contributed by atoms with Crippen molar-refractivity contribution in [2.45, 2.75) is 13.5 Å². The second kappa shape index (κ2) is 5.72. The van der Waals surface area contributed by atoms with Crippen molar-refractivity contribution in [3.8, 4) is 16.8 Å². The van der Waals surface area contributed by atoms with Crippen molar-refractivity contribution in [3.05, 3.63) is 71.0 Å². The molecule has 106 valence electrons. The molecule has 0 aliphatic heterocycles. The number of para-hydroxylation sites is 1. The van der Waals surface area contributed by atoms with Gasteiger partial charge in [0.25, 0.3) is 0 Å². The van der Waals surface area contributed by atoms with Crippen molar-refractivity contribution in [3.63, 3.8) is 0 Å². The average molecular weight is 299 g/mol. The van der Waals surface area contributed by atoms with Gasteiger partial charge in [-0.3, -0.25) is 0 Å². The first-order valence-corrected chi connectivity index (χ1v) is 7.09. The van der Waals surface area contributed by atoms with Crippen molar-refractivity contribution in [1.29, 1.82) is 0 Å². The topological polar surface area (TPSA) is 38.0 Å². The molecule has 3 rings (SSSR count). The van der Waals surface area contributed by atoms with Gasteiger partial charge in [-0.25, -0.2) is 4.68 Å². The fourth-order valence-electron chi connectivity index (χ4n) is 2.34. The van der Waals surface area contributed by atoms with Gasteiger partial charge in [0.1, 0.15) is 5.15 Å². The van der Waals surface area contributed by atoms with E-state index in [1.54, 1.807) is 4.68 Å². The molecule has 1 heterocycles. The second-order valence-corrected chi connectivity index (χ2v) is 5.21. The van der Waals surface area contributed by atoms with Gasteiger partial charge in [-0.1, -0.05) is 54.1 Å². The molecular weight excluding hydrogens is 284 g/mol. The zero-order valence-electron chi connectivity index (χ0n) is 11.6. The minimum absolute atomic E-state index is 0.0380. The summed E-state index contributed by atoms with van der Waals surface area (Å²) in [6, 6.07) is 17.5. The summed E-state index contributed by atoms with van der Waals surface area (Å²) in [5.74, 6) is 0. The fraction of sp³-hybridized carbons (Fsp3) is 0.118.